The second-order valence-electron chi connectivity index (χ2n) is 4.15. The molecule has 1 atom stereocenters. The Bertz CT molecular complexity index is 604. The van der Waals surface area contributed by atoms with E-state index in [2.05, 4.69) is 15.9 Å². The van der Waals surface area contributed by atoms with E-state index in [1.165, 1.54) is 18.2 Å². The van der Waals surface area contributed by atoms with E-state index < -0.39 is 5.82 Å². The zero-order valence-electron chi connectivity index (χ0n) is 10.2. The molecular formula is C14H12BrClFNO. The van der Waals surface area contributed by atoms with Crippen LogP contribution in [0.5, 0.6) is 11.5 Å². The Hall–Kier alpha value is -1.10. The summed E-state index contributed by atoms with van der Waals surface area (Å²) >= 11 is 9.11. The molecule has 0 aliphatic heterocycles. The van der Waals surface area contributed by atoms with Crippen LogP contribution in [0, 0.1) is 5.82 Å². The third kappa shape index (κ3) is 3.47. The van der Waals surface area contributed by atoms with Crippen LogP contribution >= 0.6 is 27.5 Å². The van der Waals surface area contributed by atoms with E-state index >= 15 is 0 Å². The second-order valence-corrected chi connectivity index (χ2v) is 5.47. The van der Waals surface area contributed by atoms with E-state index in [4.69, 9.17) is 22.1 Å². The molecule has 19 heavy (non-hydrogen) atoms. The molecule has 0 saturated heterocycles. The van der Waals surface area contributed by atoms with Crippen molar-refractivity contribution in [3.8, 4) is 11.5 Å². The normalized spacial score (nSPS) is 12.3. The smallest absolute Gasteiger partial charge is 0.142 e. The second kappa shape index (κ2) is 5.90. The summed E-state index contributed by atoms with van der Waals surface area (Å²) in [6.45, 7) is 1.87. The minimum atomic E-state index is -0.475. The average Bonchev–Trinajstić information content (AvgIpc) is 2.36. The number of hydrogen-bond acceptors (Lipinski definition) is 2. The zero-order valence-corrected chi connectivity index (χ0v) is 12.5. The summed E-state index contributed by atoms with van der Waals surface area (Å²) in [5.41, 5.74) is 6.76. The van der Waals surface area contributed by atoms with Crippen molar-refractivity contribution in [2.75, 3.05) is 0 Å². The fourth-order valence-electron chi connectivity index (χ4n) is 1.64. The Kier molecular flexibility index (Phi) is 4.45. The van der Waals surface area contributed by atoms with Crippen LogP contribution in [0.4, 0.5) is 4.39 Å². The lowest BCUT2D eigenvalue weighted by atomic mass is 10.1. The number of halogens is 3. The first-order valence-corrected chi connectivity index (χ1v) is 6.82. The van der Waals surface area contributed by atoms with Gasteiger partial charge in [0.05, 0.1) is 5.02 Å². The van der Waals surface area contributed by atoms with Crippen LogP contribution in [0.3, 0.4) is 0 Å². The molecule has 2 nitrogen and oxygen atoms in total. The average molecular weight is 345 g/mol. The predicted octanol–water partition coefficient (Wildman–Crippen LogP) is 5.05. The van der Waals surface area contributed by atoms with Gasteiger partial charge in [0.1, 0.15) is 17.3 Å². The molecule has 0 aliphatic rings. The molecule has 0 fully saturated rings. The summed E-state index contributed by atoms with van der Waals surface area (Å²) in [5, 5.41) is 0.0250. The minimum Gasteiger partial charge on any atom is -0.457 e. The molecule has 0 aliphatic carbocycles. The monoisotopic (exact) mass is 343 g/mol. The summed E-state index contributed by atoms with van der Waals surface area (Å²) in [7, 11) is 0. The highest BCUT2D eigenvalue weighted by Gasteiger charge is 2.10. The lowest BCUT2D eigenvalue weighted by Crippen LogP contribution is -2.06. The molecule has 0 saturated carbocycles. The molecule has 5 heteroatoms. The molecule has 0 aromatic heterocycles. The van der Waals surface area contributed by atoms with Gasteiger partial charge in [0, 0.05) is 22.1 Å². The van der Waals surface area contributed by atoms with Crippen molar-refractivity contribution < 1.29 is 9.13 Å². The highest BCUT2D eigenvalue weighted by molar-refractivity contribution is 9.10. The zero-order chi connectivity index (χ0) is 14.0. The molecule has 0 radical (unpaired) electrons. The molecule has 0 amide bonds. The molecule has 2 rings (SSSR count). The summed E-state index contributed by atoms with van der Waals surface area (Å²) in [5.74, 6) is 0.619. The van der Waals surface area contributed by atoms with Gasteiger partial charge >= 0.3 is 0 Å². The van der Waals surface area contributed by atoms with Crippen LogP contribution in [-0.4, -0.2) is 0 Å². The first-order valence-electron chi connectivity index (χ1n) is 5.65. The van der Waals surface area contributed by atoms with Crippen molar-refractivity contribution in [3.63, 3.8) is 0 Å². The van der Waals surface area contributed by atoms with Gasteiger partial charge in [0.2, 0.25) is 0 Å². The van der Waals surface area contributed by atoms with Gasteiger partial charge in [-0.3, -0.25) is 0 Å². The van der Waals surface area contributed by atoms with E-state index in [9.17, 15) is 4.39 Å². The van der Waals surface area contributed by atoms with Gasteiger partial charge in [0.15, 0.2) is 0 Å². The van der Waals surface area contributed by atoms with Crippen LogP contribution in [-0.2, 0) is 0 Å². The van der Waals surface area contributed by atoms with Gasteiger partial charge in [-0.2, -0.15) is 0 Å². The van der Waals surface area contributed by atoms with Crippen molar-refractivity contribution in [1.82, 2.24) is 0 Å². The van der Waals surface area contributed by atoms with Gasteiger partial charge in [-0.25, -0.2) is 4.39 Å². The Morgan fingerprint density at radius 1 is 1.26 bits per heavy atom. The summed E-state index contributed by atoms with van der Waals surface area (Å²) in [6.07, 6.45) is 0. The van der Waals surface area contributed by atoms with Crippen molar-refractivity contribution in [2.45, 2.75) is 13.0 Å². The highest BCUT2D eigenvalue weighted by atomic mass is 79.9. The van der Waals surface area contributed by atoms with Crippen molar-refractivity contribution >= 4 is 27.5 Å². The molecule has 1 unspecified atom stereocenters. The highest BCUT2D eigenvalue weighted by Crippen LogP contribution is 2.32. The van der Waals surface area contributed by atoms with E-state index in [0.717, 1.165) is 10.0 Å². The Morgan fingerprint density at radius 3 is 2.63 bits per heavy atom. The molecule has 2 N–H and O–H groups in total. The number of rotatable bonds is 3. The topological polar surface area (TPSA) is 35.2 Å². The molecule has 2 aromatic carbocycles. The quantitative estimate of drug-likeness (QED) is 0.845. The molecule has 2 aromatic rings. The number of ether oxygens (including phenoxy) is 1. The van der Waals surface area contributed by atoms with Crippen molar-refractivity contribution in [2.24, 2.45) is 5.73 Å². The third-order valence-electron chi connectivity index (χ3n) is 2.58. The maximum absolute atomic E-state index is 13.1. The van der Waals surface area contributed by atoms with Gasteiger partial charge in [-0.15, -0.1) is 0 Å². The Balaban J connectivity index is 2.35. The summed E-state index contributed by atoms with van der Waals surface area (Å²) in [6, 6.07) is 9.60. The van der Waals surface area contributed by atoms with Crippen molar-refractivity contribution in [1.29, 1.82) is 0 Å². The Labute approximate surface area is 124 Å². The maximum Gasteiger partial charge on any atom is 0.142 e. The van der Waals surface area contributed by atoms with Gasteiger partial charge in [-0.05, 0) is 37.3 Å². The first-order chi connectivity index (χ1) is 8.97. The summed E-state index contributed by atoms with van der Waals surface area (Å²) < 4.78 is 19.7. The summed E-state index contributed by atoms with van der Waals surface area (Å²) in [4.78, 5) is 0. The maximum atomic E-state index is 13.1. The molecular weight excluding hydrogens is 333 g/mol. The molecule has 100 valence electrons. The van der Waals surface area contributed by atoms with Gasteiger partial charge < -0.3 is 10.5 Å². The molecule has 0 bridgehead atoms. The molecule has 0 spiro atoms. The van der Waals surface area contributed by atoms with Crippen molar-refractivity contribution in [3.05, 3.63) is 57.3 Å². The minimum absolute atomic E-state index is 0.0250. The lowest BCUT2D eigenvalue weighted by molar-refractivity contribution is 0.470. The van der Waals surface area contributed by atoms with Gasteiger partial charge in [-0.1, -0.05) is 27.5 Å². The molecule has 0 heterocycles. The van der Waals surface area contributed by atoms with E-state index in [1.54, 1.807) is 6.07 Å². The van der Waals surface area contributed by atoms with Gasteiger partial charge in [0.25, 0.3) is 0 Å². The fourth-order valence-corrected chi connectivity index (χ4v) is 2.18. The van der Waals surface area contributed by atoms with Crippen LogP contribution in [0.1, 0.15) is 18.5 Å². The number of hydrogen-bond donors (Lipinski definition) is 1. The van der Waals surface area contributed by atoms with Crippen LogP contribution in [0.25, 0.3) is 0 Å². The third-order valence-corrected chi connectivity index (χ3v) is 3.36. The van der Waals surface area contributed by atoms with E-state index in [1.807, 2.05) is 19.1 Å². The predicted molar refractivity (Wildman–Crippen MR) is 78.2 cm³/mol. The first kappa shape index (κ1) is 14.3. The van der Waals surface area contributed by atoms with Crippen LogP contribution < -0.4 is 10.5 Å². The standard InChI is InChI=1S/C14H12BrClFNO/c1-8(18)11-6-9(15)2-5-14(11)19-10-3-4-13(17)12(16)7-10/h2-8H,18H2,1H3. The van der Waals surface area contributed by atoms with Crippen LogP contribution in [0.15, 0.2) is 40.9 Å². The Morgan fingerprint density at radius 2 is 2.00 bits per heavy atom. The largest absolute Gasteiger partial charge is 0.457 e. The SMILES string of the molecule is CC(N)c1cc(Br)ccc1Oc1ccc(F)c(Cl)c1. The lowest BCUT2D eigenvalue weighted by Gasteiger charge is -2.14. The van der Waals surface area contributed by atoms with Crippen LogP contribution in [0.2, 0.25) is 5.02 Å². The van der Waals surface area contributed by atoms with E-state index in [-0.39, 0.29) is 11.1 Å². The fraction of sp³-hybridized carbons (Fsp3) is 0.143. The van der Waals surface area contributed by atoms with E-state index in [0.29, 0.717) is 11.5 Å². The number of benzene rings is 2. The number of nitrogens with two attached hydrogens (primary N) is 1.